The summed E-state index contributed by atoms with van der Waals surface area (Å²) in [4.78, 5) is 14.1. The molecule has 0 aliphatic rings. The van der Waals surface area contributed by atoms with Gasteiger partial charge in [-0.2, -0.15) is 0 Å². The Balaban J connectivity index is 2.58. The standard InChI is InChI=1S/C19H27N3O/c1-6-7-12-22-13(2)17(18(14(22)3)19(20)23)15-8-10-16(11-9-15)21(4)5/h8-11H,6-7,12H2,1-5H3,(H2,20,23). The number of carbonyl (C=O) groups is 1. The average molecular weight is 313 g/mol. The predicted octanol–water partition coefficient (Wildman–Crippen LogP) is 3.74. The van der Waals surface area contributed by atoms with Crippen LogP contribution in [-0.2, 0) is 6.54 Å². The molecule has 0 fully saturated rings. The highest BCUT2D eigenvalue weighted by molar-refractivity contribution is 6.02. The number of hydrogen-bond acceptors (Lipinski definition) is 2. The Hall–Kier alpha value is -2.23. The van der Waals surface area contributed by atoms with E-state index in [1.807, 2.05) is 21.0 Å². The van der Waals surface area contributed by atoms with Crippen molar-refractivity contribution in [2.24, 2.45) is 5.73 Å². The second-order valence-electron chi connectivity index (χ2n) is 6.23. The van der Waals surface area contributed by atoms with E-state index in [1.54, 1.807) is 0 Å². The van der Waals surface area contributed by atoms with Crippen LogP contribution in [0.25, 0.3) is 11.1 Å². The number of benzene rings is 1. The van der Waals surface area contributed by atoms with Crippen molar-refractivity contribution in [3.8, 4) is 11.1 Å². The minimum atomic E-state index is -0.354. The number of amides is 1. The molecule has 0 saturated carbocycles. The molecule has 2 rings (SSSR count). The predicted molar refractivity (Wildman–Crippen MR) is 97.1 cm³/mol. The molecular weight excluding hydrogens is 286 g/mol. The van der Waals surface area contributed by atoms with Crippen molar-refractivity contribution in [1.82, 2.24) is 4.57 Å². The normalized spacial score (nSPS) is 10.8. The lowest BCUT2D eigenvalue weighted by molar-refractivity contribution is 0.1000. The molecule has 1 amide bonds. The molecule has 124 valence electrons. The molecule has 1 heterocycles. The van der Waals surface area contributed by atoms with E-state index in [-0.39, 0.29) is 5.91 Å². The molecule has 4 heteroatoms. The fourth-order valence-electron chi connectivity index (χ4n) is 3.12. The molecule has 0 atom stereocenters. The second kappa shape index (κ2) is 6.90. The molecule has 0 aliphatic heterocycles. The number of anilines is 1. The highest BCUT2D eigenvalue weighted by Crippen LogP contribution is 2.33. The van der Waals surface area contributed by atoms with Gasteiger partial charge >= 0.3 is 0 Å². The van der Waals surface area contributed by atoms with Crippen molar-refractivity contribution in [1.29, 1.82) is 0 Å². The Morgan fingerprint density at radius 3 is 2.22 bits per heavy atom. The van der Waals surface area contributed by atoms with Gasteiger partial charge in [-0.15, -0.1) is 0 Å². The molecule has 2 N–H and O–H groups in total. The van der Waals surface area contributed by atoms with Gasteiger partial charge in [-0.3, -0.25) is 4.79 Å². The van der Waals surface area contributed by atoms with Crippen LogP contribution in [0.3, 0.4) is 0 Å². The van der Waals surface area contributed by atoms with Crippen molar-refractivity contribution in [2.45, 2.75) is 40.2 Å². The summed E-state index contributed by atoms with van der Waals surface area (Å²) in [5, 5.41) is 0. The summed E-state index contributed by atoms with van der Waals surface area (Å²) >= 11 is 0. The molecule has 2 aromatic rings. The molecule has 0 saturated heterocycles. The van der Waals surface area contributed by atoms with E-state index in [1.165, 1.54) is 0 Å². The number of aromatic nitrogens is 1. The van der Waals surface area contributed by atoms with Crippen LogP contribution in [0.4, 0.5) is 5.69 Å². The average Bonchev–Trinajstić information content (AvgIpc) is 2.76. The van der Waals surface area contributed by atoms with E-state index in [4.69, 9.17) is 5.73 Å². The van der Waals surface area contributed by atoms with Crippen molar-refractivity contribution in [3.05, 3.63) is 41.2 Å². The molecule has 0 aliphatic carbocycles. The second-order valence-corrected chi connectivity index (χ2v) is 6.23. The molecule has 0 unspecified atom stereocenters. The maximum atomic E-state index is 12.0. The van der Waals surface area contributed by atoms with Crippen LogP contribution in [0, 0.1) is 13.8 Å². The van der Waals surface area contributed by atoms with E-state index in [0.29, 0.717) is 5.56 Å². The topological polar surface area (TPSA) is 51.3 Å². The van der Waals surface area contributed by atoms with Crippen LogP contribution in [0.15, 0.2) is 24.3 Å². The van der Waals surface area contributed by atoms with Gasteiger partial charge in [-0.05, 0) is 38.0 Å². The zero-order valence-electron chi connectivity index (χ0n) is 14.8. The third-order valence-corrected chi connectivity index (χ3v) is 4.44. The van der Waals surface area contributed by atoms with Gasteiger partial charge in [0, 0.05) is 43.3 Å². The highest BCUT2D eigenvalue weighted by Gasteiger charge is 2.22. The number of carbonyl (C=O) groups excluding carboxylic acids is 1. The fourth-order valence-corrected chi connectivity index (χ4v) is 3.12. The first-order chi connectivity index (χ1) is 10.9. The Kier molecular flexibility index (Phi) is 5.14. The van der Waals surface area contributed by atoms with Gasteiger partial charge in [0.15, 0.2) is 0 Å². The third-order valence-electron chi connectivity index (χ3n) is 4.44. The number of hydrogen-bond donors (Lipinski definition) is 1. The van der Waals surface area contributed by atoms with E-state index in [0.717, 1.165) is 47.6 Å². The van der Waals surface area contributed by atoms with Crippen molar-refractivity contribution in [2.75, 3.05) is 19.0 Å². The van der Waals surface area contributed by atoms with E-state index >= 15 is 0 Å². The minimum Gasteiger partial charge on any atom is -0.378 e. The van der Waals surface area contributed by atoms with Crippen molar-refractivity contribution < 1.29 is 4.79 Å². The molecule has 4 nitrogen and oxygen atoms in total. The Morgan fingerprint density at radius 2 is 1.74 bits per heavy atom. The molecular formula is C19H27N3O. The molecule has 0 spiro atoms. The first kappa shape index (κ1) is 17.1. The van der Waals surface area contributed by atoms with Gasteiger partial charge in [0.25, 0.3) is 5.91 Å². The van der Waals surface area contributed by atoms with Crippen LogP contribution in [0.2, 0.25) is 0 Å². The quantitative estimate of drug-likeness (QED) is 0.883. The van der Waals surface area contributed by atoms with Crippen LogP contribution in [0.5, 0.6) is 0 Å². The molecule has 0 radical (unpaired) electrons. The summed E-state index contributed by atoms with van der Waals surface area (Å²) in [6.07, 6.45) is 2.21. The number of rotatable bonds is 6. The number of primary amides is 1. The molecule has 0 bridgehead atoms. The number of nitrogens with two attached hydrogens (primary N) is 1. The molecule has 1 aromatic carbocycles. The number of nitrogens with zero attached hydrogens (tertiary/aromatic N) is 2. The minimum absolute atomic E-state index is 0.354. The fraction of sp³-hybridized carbons (Fsp3) is 0.421. The summed E-state index contributed by atoms with van der Waals surface area (Å²) in [6.45, 7) is 7.15. The monoisotopic (exact) mass is 313 g/mol. The summed E-state index contributed by atoms with van der Waals surface area (Å²) < 4.78 is 2.22. The van der Waals surface area contributed by atoms with Crippen molar-refractivity contribution >= 4 is 11.6 Å². The SMILES string of the molecule is CCCCn1c(C)c(C(N)=O)c(-c2ccc(N(C)C)cc2)c1C. The van der Waals surface area contributed by atoms with Gasteiger partial charge in [0.2, 0.25) is 0 Å². The largest absolute Gasteiger partial charge is 0.378 e. The maximum absolute atomic E-state index is 12.0. The lowest BCUT2D eigenvalue weighted by Gasteiger charge is -2.13. The van der Waals surface area contributed by atoms with Gasteiger partial charge < -0.3 is 15.2 Å². The Morgan fingerprint density at radius 1 is 1.13 bits per heavy atom. The first-order valence-electron chi connectivity index (χ1n) is 8.15. The van der Waals surface area contributed by atoms with Gasteiger partial charge in [0.05, 0.1) is 5.56 Å². The van der Waals surface area contributed by atoms with Gasteiger partial charge in [-0.25, -0.2) is 0 Å². The van der Waals surface area contributed by atoms with E-state index in [2.05, 4.69) is 47.6 Å². The molecule has 1 aromatic heterocycles. The summed E-state index contributed by atoms with van der Waals surface area (Å²) in [6, 6.07) is 8.26. The van der Waals surface area contributed by atoms with Gasteiger partial charge in [0.1, 0.15) is 0 Å². The number of unbranched alkanes of at least 4 members (excludes halogenated alkanes) is 1. The van der Waals surface area contributed by atoms with Crippen LogP contribution in [0.1, 0.15) is 41.5 Å². The van der Waals surface area contributed by atoms with Crippen LogP contribution >= 0.6 is 0 Å². The highest BCUT2D eigenvalue weighted by atomic mass is 16.1. The summed E-state index contributed by atoms with van der Waals surface area (Å²) in [7, 11) is 4.03. The first-order valence-corrected chi connectivity index (χ1v) is 8.15. The molecule has 23 heavy (non-hydrogen) atoms. The summed E-state index contributed by atoms with van der Waals surface area (Å²) in [5.41, 5.74) is 11.6. The zero-order valence-corrected chi connectivity index (χ0v) is 14.8. The van der Waals surface area contributed by atoms with Crippen LogP contribution < -0.4 is 10.6 Å². The maximum Gasteiger partial charge on any atom is 0.251 e. The zero-order chi connectivity index (χ0) is 17.1. The Labute approximate surface area is 138 Å². The lowest BCUT2D eigenvalue weighted by atomic mass is 10.00. The smallest absolute Gasteiger partial charge is 0.251 e. The Bertz CT molecular complexity index is 696. The van der Waals surface area contributed by atoms with Crippen molar-refractivity contribution in [3.63, 3.8) is 0 Å². The summed E-state index contributed by atoms with van der Waals surface area (Å²) in [5.74, 6) is -0.354. The van der Waals surface area contributed by atoms with E-state index in [9.17, 15) is 4.79 Å². The van der Waals surface area contributed by atoms with Crippen LogP contribution in [-0.4, -0.2) is 24.6 Å². The van der Waals surface area contributed by atoms with E-state index < -0.39 is 0 Å². The third kappa shape index (κ3) is 3.26. The lowest BCUT2D eigenvalue weighted by Crippen LogP contribution is -2.13. The van der Waals surface area contributed by atoms with Gasteiger partial charge in [-0.1, -0.05) is 25.5 Å².